The first-order valence-corrected chi connectivity index (χ1v) is 11.4. The molecule has 2 aliphatic rings. The van der Waals surface area contributed by atoms with E-state index < -0.39 is 24.0 Å². The van der Waals surface area contributed by atoms with Gasteiger partial charge in [-0.2, -0.15) is 0 Å². The SMILES string of the molecule is CC(=O)NCC1CN(c2ccc(N3CCN(C(=O)COC(=O)c4cccnc4)CC3)c(F)c2)C(=O)O1. The first-order valence-electron chi connectivity index (χ1n) is 11.4. The number of piperazine rings is 1. The van der Waals surface area contributed by atoms with Gasteiger partial charge in [0.15, 0.2) is 6.61 Å². The first-order chi connectivity index (χ1) is 17.3. The lowest BCUT2D eigenvalue weighted by Crippen LogP contribution is -2.50. The average Bonchev–Trinajstić information content (AvgIpc) is 3.26. The summed E-state index contributed by atoms with van der Waals surface area (Å²) in [5.74, 6) is -1.69. The van der Waals surface area contributed by atoms with Gasteiger partial charge in [-0.15, -0.1) is 0 Å². The summed E-state index contributed by atoms with van der Waals surface area (Å²) < 4.78 is 25.3. The normalized spacial score (nSPS) is 17.6. The quantitative estimate of drug-likeness (QED) is 0.564. The van der Waals surface area contributed by atoms with E-state index in [-0.39, 0.29) is 37.1 Å². The van der Waals surface area contributed by atoms with Crippen LogP contribution in [0.5, 0.6) is 0 Å². The van der Waals surface area contributed by atoms with Crippen molar-refractivity contribution in [2.45, 2.75) is 13.0 Å². The third-order valence-electron chi connectivity index (χ3n) is 5.89. The number of hydrogen-bond acceptors (Lipinski definition) is 8. The summed E-state index contributed by atoms with van der Waals surface area (Å²) in [6.45, 7) is 2.84. The van der Waals surface area contributed by atoms with Crippen molar-refractivity contribution >= 4 is 35.3 Å². The third kappa shape index (κ3) is 5.88. The minimum Gasteiger partial charge on any atom is -0.452 e. The van der Waals surface area contributed by atoms with E-state index in [1.54, 1.807) is 29.2 Å². The van der Waals surface area contributed by atoms with E-state index in [1.807, 2.05) is 4.90 Å². The van der Waals surface area contributed by atoms with E-state index in [0.29, 0.717) is 37.6 Å². The molecule has 2 aromatic rings. The minimum absolute atomic E-state index is 0.184. The highest BCUT2D eigenvalue weighted by atomic mass is 19.1. The Morgan fingerprint density at radius 1 is 1.19 bits per heavy atom. The number of halogens is 1. The van der Waals surface area contributed by atoms with E-state index in [2.05, 4.69) is 10.3 Å². The van der Waals surface area contributed by atoms with Crippen LogP contribution in [-0.2, 0) is 19.1 Å². The fraction of sp³-hybridized carbons (Fsp3) is 0.375. The Hall–Kier alpha value is -4.22. The number of esters is 1. The molecule has 3 heterocycles. The molecule has 1 N–H and O–H groups in total. The number of anilines is 2. The van der Waals surface area contributed by atoms with Gasteiger partial charge in [-0.25, -0.2) is 14.0 Å². The molecule has 0 aliphatic carbocycles. The van der Waals surface area contributed by atoms with Gasteiger partial charge in [0.25, 0.3) is 5.91 Å². The fourth-order valence-electron chi connectivity index (χ4n) is 4.00. The number of cyclic esters (lactones) is 1. The van der Waals surface area contributed by atoms with E-state index in [0.717, 1.165) is 0 Å². The van der Waals surface area contributed by atoms with Gasteiger partial charge in [-0.1, -0.05) is 0 Å². The standard InChI is InChI=1S/C24H26FN5O6/c1-16(31)27-13-19-14-30(24(34)36-19)18-4-5-21(20(25)11-18)28-7-9-29(10-8-28)22(32)15-35-23(33)17-3-2-6-26-12-17/h2-6,11-12,19H,7-10,13-15H2,1H3,(H,27,31). The molecule has 2 aliphatic heterocycles. The summed E-state index contributed by atoms with van der Waals surface area (Å²) in [5.41, 5.74) is 0.978. The van der Waals surface area contributed by atoms with Crippen molar-refractivity contribution < 1.29 is 33.0 Å². The van der Waals surface area contributed by atoms with Crippen LogP contribution in [0.4, 0.5) is 20.6 Å². The summed E-state index contributed by atoms with van der Waals surface area (Å²) in [7, 11) is 0. The van der Waals surface area contributed by atoms with Crippen LogP contribution in [0.25, 0.3) is 0 Å². The number of nitrogens with one attached hydrogen (secondary N) is 1. The maximum Gasteiger partial charge on any atom is 0.414 e. The molecular formula is C24H26FN5O6. The molecule has 1 aromatic heterocycles. The van der Waals surface area contributed by atoms with Crippen molar-refractivity contribution in [2.24, 2.45) is 0 Å². The Kier molecular flexibility index (Phi) is 7.62. The van der Waals surface area contributed by atoms with Gasteiger partial charge >= 0.3 is 12.1 Å². The number of rotatable bonds is 7. The van der Waals surface area contributed by atoms with Crippen LogP contribution < -0.4 is 15.1 Å². The molecule has 2 saturated heterocycles. The predicted octanol–water partition coefficient (Wildman–Crippen LogP) is 1.19. The fourth-order valence-corrected chi connectivity index (χ4v) is 4.00. The van der Waals surface area contributed by atoms with Crippen LogP contribution in [-0.4, -0.2) is 85.7 Å². The van der Waals surface area contributed by atoms with E-state index in [9.17, 15) is 23.6 Å². The van der Waals surface area contributed by atoms with Crippen LogP contribution in [0.15, 0.2) is 42.7 Å². The molecule has 1 aromatic carbocycles. The molecule has 1 atom stereocenters. The smallest absolute Gasteiger partial charge is 0.414 e. The molecule has 4 rings (SSSR count). The second-order valence-corrected chi connectivity index (χ2v) is 8.37. The number of ether oxygens (including phenoxy) is 2. The molecular weight excluding hydrogens is 473 g/mol. The number of carbonyl (C=O) groups excluding carboxylic acids is 4. The zero-order valence-electron chi connectivity index (χ0n) is 19.7. The molecule has 0 saturated carbocycles. The van der Waals surface area contributed by atoms with Gasteiger partial charge in [-0.3, -0.25) is 19.5 Å². The Balaban J connectivity index is 1.28. The van der Waals surface area contributed by atoms with Crippen LogP contribution >= 0.6 is 0 Å². The van der Waals surface area contributed by atoms with Crippen LogP contribution in [0, 0.1) is 5.82 Å². The van der Waals surface area contributed by atoms with Gasteiger partial charge in [0, 0.05) is 45.5 Å². The number of nitrogens with zero attached hydrogens (tertiary/aromatic N) is 4. The van der Waals surface area contributed by atoms with E-state index in [1.165, 1.54) is 30.3 Å². The maximum atomic E-state index is 15.0. The molecule has 12 heteroatoms. The number of benzene rings is 1. The highest BCUT2D eigenvalue weighted by Crippen LogP contribution is 2.28. The largest absolute Gasteiger partial charge is 0.452 e. The van der Waals surface area contributed by atoms with Gasteiger partial charge in [0.1, 0.15) is 11.9 Å². The zero-order valence-corrected chi connectivity index (χ0v) is 19.7. The first kappa shape index (κ1) is 24.9. The molecule has 0 radical (unpaired) electrons. The number of amides is 3. The highest BCUT2D eigenvalue weighted by Gasteiger charge is 2.33. The van der Waals surface area contributed by atoms with Crippen molar-refractivity contribution in [3.05, 3.63) is 54.1 Å². The van der Waals surface area contributed by atoms with Gasteiger partial charge < -0.3 is 24.6 Å². The van der Waals surface area contributed by atoms with Crippen LogP contribution in [0.2, 0.25) is 0 Å². The Morgan fingerprint density at radius 3 is 2.64 bits per heavy atom. The van der Waals surface area contributed by atoms with Gasteiger partial charge in [-0.05, 0) is 30.3 Å². The Bertz CT molecular complexity index is 1140. The van der Waals surface area contributed by atoms with Crippen molar-refractivity contribution in [1.82, 2.24) is 15.2 Å². The molecule has 36 heavy (non-hydrogen) atoms. The summed E-state index contributed by atoms with van der Waals surface area (Å²) in [6.07, 6.45) is 1.78. The molecule has 2 fully saturated rings. The molecule has 1 unspecified atom stereocenters. The van der Waals surface area contributed by atoms with E-state index in [4.69, 9.17) is 9.47 Å². The predicted molar refractivity (Wildman–Crippen MR) is 126 cm³/mol. The van der Waals surface area contributed by atoms with Gasteiger partial charge in [0.2, 0.25) is 5.91 Å². The summed E-state index contributed by atoms with van der Waals surface area (Å²) in [4.78, 5) is 56.2. The van der Waals surface area contributed by atoms with Crippen LogP contribution in [0.1, 0.15) is 17.3 Å². The Morgan fingerprint density at radius 2 is 1.97 bits per heavy atom. The maximum absolute atomic E-state index is 15.0. The number of carbonyl (C=O) groups is 4. The highest BCUT2D eigenvalue weighted by molar-refractivity contribution is 5.91. The topological polar surface area (TPSA) is 121 Å². The zero-order chi connectivity index (χ0) is 25.7. The Labute approximate surface area is 206 Å². The van der Waals surface area contributed by atoms with Gasteiger partial charge in [0.05, 0.1) is 30.0 Å². The second kappa shape index (κ2) is 11.0. The molecule has 0 spiro atoms. The van der Waals surface area contributed by atoms with Crippen molar-refractivity contribution in [3.8, 4) is 0 Å². The number of pyridine rings is 1. The number of aromatic nitrogens is 1. The second-order valence-electron chi connectivity index (χ2n) is 8.37. The third-order valence-corrected chi connectivity index (χ3v) is 5.89. The molecule has 0 bridgehead atoms. The number of hydrogen-bond donors (Lipinski definition) is 1. The summed E-state index contributed by atoms with van der Waals surface area (Å²) in [5, 5.41) is 2.60. The molecule has 190 valence electrons. The van der Waals surface area contributed by atoms with Crippen molar-refractivity contribution in [2.75, 3.05) is 55.7 Å². The lowest BCUT2D eigenvalue weighted by Gasteiger charge is -2.36. The minimum atomic E-state index is -0.624. The monoisotopic (exact) mass is 499 g/mol. The lowest BCUT2D eigenvalue weighted by molar-refractivity contribution is -0.134. The average molecular weight is 499 g/mol. The van der Waals surface area contributed by atoms with Crippen molar-refractivity contribution in [1.29, 1.82) is 0 Å². The van der Waals surface area contributed by atoms with Crippen molar-refractivity contribution in [3.63, 3.8) is 0 Å². The summed E-state index contributed by atoms with van der Waals surface area (Å²) in [6, 6.07) is 7.65. The van der Waals surface area contributed by atoms with Crippen LogP contribution in [0.3, 0.4) is 0 Å². The molecule has 3 amide bonds. The lowest BCUT2D eigenvalue weighted by atomic mass is 10.2. The van der Waals surface area contributed by atoms with E-state index >= 15 is 0 Å². The molecule has 11 nitrogen and oxygen atoms in total. The summed E-state index contributed by atoms with van der Waals surface area (Å²) >= 11 is 0.